The minimum atomic E-state index is -3.30. The third-order valence-electron chi connectivity index (χ3n) is 2.23. The highest BCUT2D eigenvalue weighted by molar-refractivity contribution is 7.93. The van der Waals surface area contributed by atoms with E-state index in [1.807, 2.05) is 0 Å². The number of amidine groups is 1. The Morgan fingerprint density at radius 2 is 1.88 bits per heavy atom. The predicted octanol–water partition coefficient (Wildman–Crippen LogP) is 1.32. The lowest BCUT2D eigenvalue weighted by Gasteiger charge is -2.11. The van der Waals surface area contributed by atoms with E-state index in [1.54, 1.807) is 38.1 Å². The SMILES string of the molecule is CC(C)S(=O)(=O)Nc1ccc(CC(=N)N)cc1. The molecular weight excluding hydrogens is 238 g/mol. The molecule has 0 amide bonds. The molecule has 0 saturated carbocycles. The lowest BCUT2D eigenvalue weighted by molar-refractivity contribution is 0.593. The predicted molar refractivity (Wildman–Crippen MR) is 69.7 cm³/mol. The van der Waals surface area contributed by atoms with Crippen LogP contribution in [0.25, 0.3) is 0 Å². The zero-order valence-electron chi connectivity index (χ0n) is 9.90. The van der Waals surface area contributed by atoms with Crippen LogP contribution in [-0.4, -0.2) is 19.5 Å². The lowest BCUT2D eigenvalue weighted by Crippen LogP contribution is -2.22. The Morgan fingerprint density at radius 3 is 2.29 bits per heavy atom. The number of sulfonamides is 1. The Morgan fingerprint density at radius 1 is 1.35 bits per heavy atom. The zero-order valence-corrected chi connectivity index (χ0v) is 10.7. The minimum Gasteiger partial charge on any atom is -0.387 e. The molecule has 6 heteroatoms. The first-order valence-electron chi connectivity index (χ1n) is 5.25. The van der Waals surface area contributed by atoms with Gasteiger partial charge in [-0.1, -0.05) is 12.1 Å². The fourth-order valence-corrected chi connectivity index (χ4v) is 1.89. The maximum absolute atomic E-state index is 11.6. The molecule has 0 aromatic heterocycles. The fraction of sp³-hybridized carbons (Fsp3) is 0.364. The standard InChI is InChI=1S/C11H17N3O2S/c1-8(2)17(15,16)14-10-5-3-9(4-6-10)7-11(12)13/h3-6,8,14H,7H2,1-2H3,(H3,12,13). The van der Waals surface area contributed by atoms with Crippen molar-refractivity contribution in [3.05, 3.63) is 29.8 Å². The number of hydrogen-bond donors (Lipinski definition) is 3. The summed E-state index contributed by atoms with van der Waals surface area (Å²) in [4.78, 5) is 0. The Kier molecular flexibility index (Phi) is 4.11. The van der Waals surface area contributed by atoms with Crippen LogP contribution in [0.4, 0.5) is 5.69 Å². The van der Waals surface area contributed by atoms with Gasteiger partial charge in [-0.2, -0.15) is 0 Å². The van der Waals surface area contributed by atoms with Crippen molar-refractivity contribution in [2.24, 2.45) is 5.73 Å². The molecular formula is C11H17N3O2S. The van der Waals surface area contributed by atoms with Gasteiger partial charge in [-0.15, -0.1) is 0 Å². The fourth-order valence-electron chi connectivity index (χ4n) is 1.19. The van der Waals surface area contributed by atoms with Crippen LogP contribution in [0.15, 0.2) is 24.3 Å². The Hall–Kier alpha value is -1.56. The van der Waals surface area contributed by atoms with Gasteiger partial charge in [0.05, 0.1) is 11.1 Å². The third-order valence-corrected chi connectivity index (χ3v) is 3.99. The molecule has 0 fully saturated rings. The highest BCUT2D eigenvalue weighted by atomic mass is 32.2. The summed E-state index contributed by atoms with van der Waals surface area (Å²) in [5.74, 6) is 0.0838. The number of anilines is 1. The molecule has 0 spiro atoms. The molecule has 0 saturated heterocycles. The number of rotatable bonds is 5. The van der Waals surface area contributed by atoms with Gasteiger partial charge in [-0.3, -0.25) is 10.1 Å². The summed E-state index contributed by atoms with van der Waals surface area (Å²) < 4.78 is 25.7. The van der Waals surface area contributed by atoms with Gasteiger partial charge >= 0.3 is 0 Å². The summed E-state index contributed by atoms with van der Waals surface area (Å²) in [7, 11) is -3.30. The van der Waals surface area contributed by atoms with Crippen molar-refractivity contribution in [3.8, 4) is 0 Å². The molecule has 1 rings (SSSR count). The molecule has 0 radical (unpaired) electrons. The Balaban J connectivity index is 2.79. The van der Waals surface area contributed by atoms with Gasteiger partial charge < -0.3 is 5.73 Å². The quantitative estimate of drug-likeness (QED) is 0.547. The average Bonchev–Trinajstić information content (AvgIpc) is 2.19. The van der Waals surface area contributed by atoms with Crippen molar-refractivity contribution in [2.45, 2.75) is 25.5 Å². The van der Waals surface area contributed by atoms with Crippen molar-refractivity contribution in [1.29, 1.82) is 5.41 Å². The van der Waals surface area contributed by atoms with Gasteiger partial charge in [0.25, 0.3) is 0 Å². The van der Waals surface area contributed by atoms with E-state index >= 15 is 0 Å². The summed E-state index contributed by atoms with van der Waals surface area (Å²) in [6.45, 7) is 3.24. The minimum absolute atomic E-state index is 0.0838. The number of hydrogen-bond acceptors (Lipinski definition) is 3. The second kappa shape index (κ2) is 5.18. The summed E-state index contributed by atoms with van der Waals surface area (Å²) in [6, 6.07) is 6.83. The van der Waals surface area contributed by atoms with E-state index in [9.17, 15) is 8.42 Å². The van der Waals surface area contributed by atoms with E-state index in [-0.39, 0.29) is 5.84 Å². The Bertz CT molecular complexity index is 492. The molecule has 0 bridgehead atoms. The van der Waals surface area contributed by atoms with Crippen LogP contribution in [-0.2, 0) is 16.4 Å². The monoisotopic (exact) mass is 255 g/mol. The topological polar surface area (TPSA) is 96.0 Å². The van der Waals surface area contributed by atoms with Gasteiger partial charge in [0, 0.05) is 12.1 Å². The highest BCUT2D eigenvalue weighted by Crippen LogP contribution is 2.13. The van der Waals surface area contributed by atoms with E-state index in [1.165, 1.54) is 0 Å². The first-order valence-corrected chi connectivity index (χ1v) is 6.79. The smallest absolute Gasteiger partial charge is 0.235 e. The molecule has 1 aromatic carbocycles. The van der Waals surface area contributed by atoms with Crippen molar-refractivity contribution in [2.75, 3.05) is 4.72 Å². The van der Waals surface area contributed by atoms with E-state index in [0.29, 0.717) is 12.1 Å². The van der Waals surface area contributed by atoms with Gasteiger partial charge in [0.1, 0.15) is 0 Å². The van der Waals surface area contributed by atoms with Gasteiger partial charge in [-0.05, 0) is 31.5 Å². The first-order chi connectivity index (χ1) is 7.81. The number of nitrogens with one attached hydrogen (secondary N) is 2. The maximum Gasteiger partial charge on any atom is 0.235 e. The summed E-state index contributed by atoms with van der Waals surface area (Å²) in [5.41, 5.74) is 6.67. The summed E-state index contributed by atoms with van der Waals surface area (Å²) in [5, 5.41) is 6.68. The Labute approximate surface area is 102 Å². The first kappa shape index (κ1) is 13.5. The van der Waals surface area contributed by atoms with E-state index in [2.05, 4.69) is 4.72 Å². The largest absolute Gasteiger partial charge is 0.387 e. The van der Waals surface area contributed by atoms with Crippen LogP contribution in [0.1, 0.15) is 19.4 Å². The highest BCUT2D eigenvalue weighted by Gasteiger charge is 2.15. The molecule has 0 aliphatic carbocycles. The molecule has 0 unspecified atom stereocenters. The molecule has 0 aliphatic rings. The van der Waals surface area contributed by atoms with Crippen molar-refractivity contribution in [1.82, 2.24) is 0 Å². The third kappa shape index (κ3) is 4.07. The van der Waals surface area contributed by atoms with Gasteiger partial charge in [0.15, 0.2) is 0 Å². The van der Waals surface area contributed by atoms with Crippen LogP contribution >= 0.6 is 0 Å². The summed E-state index contributed by atoms with van der Waals surface area (Å²) in [6.07, 6.45) is 0.372. The second-order valence-electron chi connectivity index (χ2n) is 4.09. The van der Waals surface area contributed by atoms with Crippen LogP contribution in [0.2, 0.25) is 0 Å². The van der Waals surface area contributed by atoms with Crippen molar-refractivity contribution < 1.29 is 8.42 Å². The molecule has 1 aromatic rings. The van der Waals surface area contributed by atoms with E-state index in [4.69, 9.17) is 11.1 Å². The molecule has 5 nitrogen and oxygen atoms in total. The van der Waals surface area contributed by atoms with Crippen LogP contribution < -0.4 is 10.5 Å². The van der Waals surface area contributed by atoms with Gasteiger partial charge in [-0.25, -0.2) is 8.42 Å². The molecule has 17 heavy (non-hydrogen) atoms. The molecule has 0 heterocycles. The van der Waals surface area contributed by atoms with Crippen LogP contribution in [0.3, 0.4) is 0 Å². The lowest BCUT2D eigenvalue weighted by atomic mass is 10.1. The van der Waals surface area contributed by atoms with Crippen LogP contribution in [0, 0.1) is 5.41 Å². The molecule has 0 atom stereocenters. The molecule has 4 N–H and O–H groups in total. The van der Waals surface area contributed by atoms with E-state index < -0.39 is 15.3 Å². The normalized spacial score (nSPS) is 11.5. The average molecular weight is 255 g/mol. The summed E-state index contributed by atoms with van der Waals surface area (Å²) >= 11 is 0. The van der Waals surface area contributed by atoms with Crippen LogP contribution in [0.5, 0.6) is 0 Å². The number of nitrogens with two attached hydrogens (primary N) is 1. The number of benzene rings is 1. The molecule has 94 valence electrons. The maximum atomic E-state index is 11.6. The molecule has 0 aliphatic heterocycles. The zero-order chi connectivity index (χ0) is 13.1. The van der Waals surface area contributed by atoms with E-state index in [0.717, 1.165) is 5.56 Å². The van der Waals surface area contributed by atoms with Crippen molar-refractivity contribution in [3.63, 3.8) is 0 Å². The second-order valence-corrected chi connectivity index (χ2v) is 6.33. The van der Waals surface area contributed by atoms with Crippen molar-refractivity contribution >= 4 is 21.5 Å². The van der Waals surface area contributed by atoms with Gasteiger partial charge in [0.2, 0.25) is 10.0 Å².